The summed E-state index contributed by atoms with van der Waals surface area (Å²) >= 11 is 10.7. The first-order chi connectivity index (χ1) is 10.2. The second-order valence-corrected chi connectivity index (χ2v) is 6.38. The van der Waals surface area contributed by atoms with Crippen LogP contribution in [-0.4, -0.2) is 0 Å². The average Bonchev–Trinajstić information content (AvgIpc) is 2.56. The molecule has 0 unspecified atom stereocenters. The molecule has 3 rings (SSSR count). The topological polar surface area (TPSA) is 0 Å². The zero-order valence-electron chi connectivity index (χ0n) is 11.3. The van der Waals surface area contributed by atoms with Gasteiger partial charge in [0, 0.05) is 4.47 Å². The Kier molecular flexibility index (Phi) is 4.14. The van der Waals surface area contributed by atoms with Crippen molar-refractivity contribution < 1.29 is 0 Å². The van der Waals surface area contributed by atoms with E-state index in [2.05, 4.69) is 52.3 Å². The number of hydrogen-bond donors (Lipinski definition) is 0. The van der Waals surface area contributed by atoms with Crippen molar-refractivity contribution in [2.24, 2.45) is 0 Å². The molecule has 0 aromatic heterocycles. The van der Waals surface area contributed by atoms with Crippen molar-refractivity contribution >= 4 is 27.5 Å². The molecule has 21 heavy (non-hydrogen) atoms. The third-order valence-corrected chi connectivity index (χ3v) is 4.71. The number of halogens is 2. The van der Waals surface area contributed by atoms with Gasteiger partial charge in [-0.05, 0) is 28.8 Å². The van der Waals surface area contributed by atoms with Gasteiger partial charge in [-0.25, -0.2) is 0 Å². The van der Waals surface area contributed by atoms with Crippen LogP contribution in [0.3, 0.4) is 0 Å². The average molecular weight is 358 g/mol. The minimum absolute atomic E-state index is 0.688. The highest BCUT2D eigenvalue weighted by Gasteiger charge is 2.33. The van der Waals surface area contributed by atoms with Crippen LogP contribution in [0, 0.1) is 0 Å². The Morgan fingerprint density at radius 1 is 0.619 bits per heavy atom. The lowest BCUT2D eigenvalue weighted by atomic mass is 9.84. The Labute approximate surface area is 138 Å². The molecule has 0 aliphatic carbocycles. The third kappa shape index (κ3) is 2.76. The van der Waals surface area contributed by atoms with E-state index in [9.17, 15) is 0 Å². The van der Waals surface area contributed by atoms with Crippen molar-refractivity contribution in [2.75, 3.05) is 0 Å². The largest absolute Gasteiger partial charge is 0.119 e. The number of alkyl halides is 1. The van der Waals surface area contributed by atoms with E-state index in [-0.39, 0.29) is 0 Å². The number of benzene rings is 3. The molecule has 0 radical (unpaired) electrons. The van der Waals surface area contributed by atoms with Gasteiger partial charge in [0.15, 0.2) is 0 Å². The second-order valence-electron chi connectivity index (χ2n) is 4.90. The lowest BCUT2D eigenvalue weighted by Crippen LogP contribution is -2.22. The molecule has 0 saturated heterocycles. The van der Waals surface area contributed by atoms with Crippen molar-refractivity contribution in [2.45, 2.75) is 4.87 Å². The summed E-state index contributed by atoms with van der Waals surface area (Å²) in [6, 6.07) is 28.6. The molecule has 0 aliphatic heterocycles. The monoisotopic (exact) mass is 356 g/mol. The SMILES string of the molecule is ClC(c1ccccc1)(c1ccccc1)c1cccc(Br)c1. The Bertz CT molecular complexity index is 683. The van der Waals surface area contributed by atoms with Gasteiger partial charge in [0.2, 0.25) is 0 Å². The standard InChI is InChI=1S/C19H14BrCl/c20-18-13-7-12-17(14-18)19(21,15-8-3-1-4-9-15)16-10-5-2-6-11-16/h1-14H. The summed E-state index contributed by atoms with van der Waals surface area (Å²) in [5.74, 6) is 0. The van der Waals surface area contributed by atoms with Gasteiger partial charge in [0.25, 0.3) is 0 Å². The molecule has 0 nitrogen and oxygen atoms in total. The van der Waals surface area contributed by atoms with E-state index in [1.165, 1.54) is 0 Å². The van der Waals surface area contributed by atoms with E-state index in [0.717, 1.165) is 21.2 Å². The number of hydrogen-bond acceptors (Lipinski definition) is 0. The summed E-state index contributed by atoms with van der Waals surface area (Å²) in [5, 5.41) is 0. The minimum Gasteiger partial charge on any atom is -0.104 e. The quantitative estimate of drug-likeness (QED) is 0.399. The van der Waals surface area contributed by atoms with E-state index < -0.39 is 4.87 Å². The fourth-order valence-electron chi connectivity index (χ4n) is 2.54. The molecule has 0 bridgehead atoms. The zero-order valence-corrected chi connectivity index (χ0v) is 13.7. The van der Waals surface area contributed by atoms with Crippen LogP contribution in [0.2, 0.25) is 0 Å². The Balaban J connectivity index is 2.25. The first kappa shape index (κ1) is 14.4. The minimum atomic E-state index is -0.688. The summed E-state index contributed by atoms with van der Waals surface area (Å²) in [5.41, 5.74) is 3.18. The predicted octanol–water partition coefficient (Wildman–Crippen LogP) is 5.98. The molecule has 0 spiro atoms. The molecular weight excluding hydrogens is 344 g/mol. The fourth-order valence-corrected chi connectivity index (χ4v) is 3.31. The van der Waals surface area contributed by atoms with Gasteiger partial charge >= 0.3 is 0 Å². The maximum atomic E-state index is 7.17. The Morgan fingerprint density at radius 3 is 1.57 bits per heavy atom. The molecular formula is C19H14BrCl. The lowest BCUT2D eigenvalue weighted by Gasteiger charge is -2.29. The molecule has 0 atom stereocenters. The highest BCUT2D eigenvalue weighted by Crippen LogP contribution is 2.43. The molecule has 3 aromatic rings. The van der Waals surface area contributed by atoms with Crippen LogP contribution in [-0.2, 0) is 4.87 Å². The highest BCUT2D eigenvalue weighted by atomic mass is 79.9. The molecule has 0 amide bonds. The number of rotatable bonds is 3. The molecule has 0 N–H and O–H groups in total. The Hall–Kier alpha value is -1.57. The maximum absolute atomic E-state index is 7.17. The van der Waals surface area contributed by atoms with Gasteiger partial charge in [0.05, 0.1) is 0 Å². The normalized spacial score (nSPS) is 11.3. The summed E-state index contributed by atoms with van der Waals surface area (Å²) in [4.78, 5) is -0.688. The van der Waals surface area contributed by atoms with E-state index in [0.29, 0.717) is 0 Å². The maximum Gasteiger partial charge on any atom is 0.119 e. The van der Waals surface area contributed by atoms with Crippen LogP contribution >= 0.6 is 27.5 Å². The van der Waals surface area contributed by atoms with Crippen LogP contribution in [0.25, 0.3) is 0 Å². The summed E-state index contributed by atoms with van der Waals surface area (Å²) < 4.78 is 1.02. The summed E-state index contributed by atoms with van der Waals surface area (Å²) in [6.07, 6.45) is 0. The van der Waals surface area contributed by atoms with Crippen molar-refractivity contribution in [3.8, 4) is 0 Å². The van der Waals surface area contributed by atoms with Gasteiger partial charge in [0.1, 0.15) is 4.87 Å². The van der Waals surface area contributed by atoms with E-state index in [1.54, 1.807) is 0 Å². The molecule has 104 valence electrons. The van der Waals surface area contributed by atoms with Crippen molar-refractivity contribution in [3.05, 3.63) is 106 Å². The molecule has 0 saturated carbocycles. The zero-order chi connectivity index (χ0) is 14.7. The molecule has 0 heterocycles. The van der Waals surface area contributed by atoms with Crippen LogP contribution in [0.4, 0.5) is 0 Å². The first-order valence-corrected chi connectivity index (χ1v) is 7.94. The second kappa shape index (κ2) is 6.05. The van der Waals surface area contributed by atoms with E-state index >= 15 is 0 Å². The van der Waals surface area contributed by atoms with Crippen LogP contribution in [0.15, 0.2) is 89.4 Å². The van der Waals surface area contributed by atoms with Crippen molar-refractivity contribution in [1.29, 1.82) is 0 Å². The van der Waals surface area contributed by atoms with Gasteiger partial charge in [-0.1, -0.05) is 88.7 Å². The van der Waals surface area contributed by atoms with Crippen LogP contribution < -0.4 is 0 Å². The first-order valence-electron chi connectivity index (χ1n) is 6.77. The Morgan fingerprint density at radius 2 is 1.10 bits per heavy atom. The van der Waals surface area contributed by atoms with Crippen molar-refractivity contribution in [1.82, 2.24) is 0 Å². The fraction of sp³-hybridized carbons (Fsp3) is 0.0526. The lowest BCUT2D eigenvalue weighted by molar-refractivity contribution is 0.878. The molecule has 0 fully saturated rings. The van der Waals surface area contributed by atoms with E-state index in [1.807, 2.05) is 48.5 Å². The summed E-state index contributed by atoms with van der Waals surface area (Å²) in [6.45, 7) is 0. The third-order valence-electron chi connectivity index (χ3n) is 3.57. The highest BCUT2D eigenvalue weighted by molar-refractivity contribution is 9.10. The van der Waals surface area contributed by atoms with Gasteiger partial charge < -0.3 is 0 Å². The summed E-state index contributed by atoms with van der Waals surface area (Å²) in [7, 11) is 0. The van der Waals surface area contributed by atoms with Crippen LogP contribution in [0.1, 0.15) is 16.7 Å². The van der Waals surface area contributed by atoms with Crippen molar-refractivity contribution in [3.63, 3.8) is 0 Å². The van der Waals surface area contributed by atoms with Gasteiger partial charge in [-0.3, -0.25) is 0 Å². The van der Waals surface area contributed by atoms with Crippen LogP contribution in [0.5, 0.6) is 0 Å². The predicted molar refractivity (Wildman–Crippen MR) is 92.8 cm³/mol. The van der Waals surface area contributed by atoms with Gasteiger partial charge in [-0.15, -0.1) is 11.6 Å². The molecule has 2 heteroatoms. The smallest absolute Gasteiger partial charge is 0.104 e. The van der Waals surface area contributed by atoms with Gasteiger partial charge in [-0.2, -0.15) is 0 Å². The molecule has 3 aromatic carbocycles. The van der Waals surface area contributed by atoms with E-state index in [4.69, 9.17) is 11.6 Å². The molecule has 0 aliphatic rings.